The van der Waals surface area contributed by atoms with Crippen LogP contribution in [-0.4, -0.2) is 37.6 Å². The molecule has 0 aliphatic carbocycles. The zero-order valence-electron chi connectivity index (χ0n) is 10.9. The lowest BCUT2D eigenvalue weighted by atomic mass is 10.1. The third-order valence-corrected chi connectivity index (χ3v) is 4.36. The minimum absolute atomic E-state index is 0.638. The number of benzene rings is 1. The number of nitrogens with zero attached hydrogens (tertiary/aromatic N) is 2. The Morgan fingerprint density at radius 3 is 2.71 bits per heavy atom. The number of likely N-dealkylation sites (N-methyl/N-ethyl adjacent to an activating group) is 1. The van der Waals surface area contributed by atoms with E-state index in [9.17, 15) is 0 Å². The summed E-state index contributed by atoms with van der Waals surface area (Å²) >= 11 is 3.51. The van der Waals surface area contributed by atoms with Gasteiger partial charge in [-0.05, 0) is 38.1 Å². The highest BCUT2D eigenvalue weighted by Gasteiger charge is 2.21. The molecule has 2 rings (SSSR count). The van der Waals surface area contributed by atoms with Crippen molar-refractivity contribution in [2.24, 2.45) is 0 Å². The van der Waals surface area contributed by atoms with Crippen molar-refractivity contribution in [1.29, 1.82) is 0 Å². The number of anilines is 1. The van der Waals surface area contributed by atoms with Crippen molar-refractivity contribution in [3.05, 3.63) is 29.3 Å². The Bertz CT molecular complexity index is 392. The van der Waals surface area contributed by atoms with E-state index in [2.05, 4.69) is 64.8 Å². The van der Waals surface area contributed by atoms with E-state index in [0.29, 0.717) is 6.04 Å². The molecule has 1 aromatic rings. The third-order valence-electron chi connectivity index (χ3n) is 3.72. The fraction of sp³-hybridized carbons (Fsp3) is 0.571. The lowest BCUT2D eigenvalue weighted by Crippen LogP contribution is -2.50. The Balaban J connectivity index is 2.17. The molecule has 1 heterocycles. The van der Waals surface area contributed by atoms with Crippen LogP contribution in [0.2, 0.25) is 0 Å². The van der Waals surface area contributed by atoms with Gasteiger partial charge in [0.2, 0.25) is 0 Å². The lowest BCUT2D eigenvalue weighted by molar-refractivity contribution is 0.234. The lowest BCUT2D eigenvalue weighted by Gasteiger charge is -2.39. The van der Waals surface area contributed by atoms with Crippen LogP contribution in [0.5, 0.6) is 0 Å². The Morgan fingerprint density at radius 2 is 2.12 bits per heavy atom. The molecule has 2 nitrogen and oxygen atoms in total. The maximum Gasteiger partial charge on any atom is 0.0397 e. The fourth-order valence-corrected chi connectivity index (χ4v) is 2.77. The summed E-state index contributed by atoms with van der Waals surface area (Å²) in [6.45, 7) is 7.93. The first-order valence-electron chi connectivity index (χ1n) is 6.22. The van der Waals surface area contributed by atoms with Crippen LogP contribution in [0.25, 0.3) is 0 Å². The third kappa shape index (κ3) is 2.83. The number of halogens is 1. The monoisotopic (exact) mass is 296 g/mol. The molecule has 94 valence electrons. The molecule has 0 aromatic heterocycles. The Kier molecular flexibility index (Phi) is 4.10. The predicted molar refractivity (Wildman–Crippen MR) is 78.1 cm³/mol. The van der Waals surface area contributed by atoms with E-state index in [1.54, 1.807) is 0 Å². The highest BCUT2D eigenvalue weighted by Crippen LogP contribution is 2.24. The van der Waals surface area contributed by atoms with Gasteiger partial charge in [0.15, 0.2) is 0 Å². The maximum atomic E-state index is 3.51. The Hall–Kier alpha value is -0.540. The highest BCUT2D eigenvalue weighted by atomic mass is 79.9. The van der Waals surface area contributed by atoms with E-state index < -0.39 is 0 Å². The van der Waals surface area contributed by atoms with Crippen LogP contribution in [0, 0.1) is 6.92 Å². The van der Waals surface area contributed by atoms with Gasteiger partial charge >= 0.3 is 0 Å². The van der Waals surface area contributed by atoms with Gasteiger partial charge in [-0.15, -0.1) is 0 Å². The normalized spacial score (nSPS) is 21.9. The van der Waals surface area contributed by atoms with Crippen molar-refractivity contribution in [3.8, 4) is 0 Å². The SMILES string of the molecule is Cc1cc(CBr)ccc1N1CCN(C)C(C)C1. The Labute approximate surface area is 113 Å². The minimum atomic E-state index is 0.638. The zero-order valence-corrected chi connectivity index (χ0v) is 12.5. The summed E-state index contributed by atoms with van der Waals surface area (Å²) in [4.78, 5) is 4.94. The van der Waals surface area contributed by atoms with Crippen LogP contribution in [0.15, 0.2) is 18.2 Å². The molecule has 1 aliphatic rings. The molecule has 3 heteroatoms. The van der Waals surface area contributed by atoms with Crippen LogP contribution in [0.4, 0.5) is 5.69 Å². The van der Waals surface area contributed by atoms with Crippen LogP contribution in [-0.2, 0) is 5.33 Å². The molecular weight excluding hydrogens is 276 g/mol. The zero-order chi connectivity index (χ0) is 12.4. The summed E-state index contributed by atoms with van der Waals surface area (Å²) in [7, 11) is 2.21. The smallest absolute Gasteiger partial charge is 0.0397 e. The quantitative estimate of drug-likeness (QED) is 0.774. The van der Waals surface area contributed by atoms with Gasteiger partial charge in [0.05, 0.1) is 0 Å². The molecule has 1 saturated heterocycles. The summed E-state index contributed by atoms with van der Waals surface area (Å²) in [5.41, 5.74) is 4.14. The summed E-state index contributed by atoms with van der Waals surface area (Å²) in [5.74, 6) is 0. The van der Waals surface area contributed by atoms with Crippen molar-refractivity contribution in [1.82, 2.24) is 4.90 Å². The summed E-state index contributed by atoms with van der Waals surface area (Å²) in [5, 5.41) is 0.938. The average Bonchev–Trinajstić information content (AvgIpc) is 2.32. The van der Waals surface area contributed by atoms with Gasteiger partial charge in [0.1, 0.15) is 0 Å². The summed E-state index contributed by atoms with van der Waals surface area (Å²) in [6, 6.07) is 7.41. The number of alkyl halides is 1. The van der Waals surface area contributed by atoms with Gasteiger partial charge in [-0.3, -0.25) is 0 Å². The molecule has 0 spiro atoms. The number of hydrogen-bond acceptors (Lipinski definition) is 2. The molecule has 1 aliphatic heterocycles. The molecule has 1 unspecified atom stereocenters. The second kappa shape index (κ2) is 5.40. The van der Waals surface area contributed by atoms with E-state index in [1.807, 2.05) is 0 Å². The number of hydrogen-bond donors (Lipinski definition) is 0. The fourth-order valence-electron chi connectivity index (χ4n) is 2.42. The number of aryl methyl sites for hydroxylation is 1. The van der Waals surface area contributed by atoms with Crippen LogP contribution >= 0.6 is 15.9 Å². The second-order valence-electron chi connectivity index (χ2n) is 5.03. The average molecular weight is 297 g/mol. The molecule has 1 aromatic carbocycles. The summed E-state index contributed by atoms with van der Waals surface area (Å²) in [6.07, 6.45) is 0. The van der Waals surface area contributed by atoms with E-state index in [-0.39, 0.29) is 0 Å². The van der Waals surface area contributed by atoms with Gasteiger partial charge in [0, 0.05) is 36.7 Å². The molecule has 0 radical (unpaired) electrons. The van der Waals surface area contributed by atoms with Gasteiger partial charge < -0.3 is 9.80 Å². The van der Waals surface area contributed by atoms with E-state index in [1.165, 1.54) is 16.8 Å². The van der Waals surface area contributed by atoms with Crippen LogP contribution in [0.3, 0.4) is 0 Å². The van der Waals surface area contributed by atoms with E-state index >= 15 is 0 Å². The predicted octanol–water partition coefficient (Wildman–Crippen LogP) is 3.03. The molecule has 0 bridgehead atoms. The van der Waals surface area contributed by atoms with Crippen molar-refractivity contribution in [3.63, 3.8) is 0 Å². The maximum absolute atomic E-state index is 3.51. The largest absolute Gasteiger partial charge is 0.368 e. The molecule has 1 fully saturated rings. The number of piperazine rings is 1. The molecule has 1 atom stereocenters. The highest BCUT2D eigenvalue weighted by molar-refractivity contribution is 9.08. The molecule has 17 heavy (non-hydrogen) atoms. The first-order valence-corrected chi connectivity index (χ1v) is 7.34. The summed E-state index contributed by atoms with van der Waals surface area (Å²) < 4.78 is 0. The first kappa shape index (κ1) is 12.9. The minimum Gasteiger partial charge on any atom is -0.368 e. The Morgan fingerprint density at radius 1 is 1.35 bits per heavy atom. The number of rotatable bonds is 2. The standard InChI is InChI=1S/C14H21BrN2/c1-11-8-13(9-15)4-5-14(11)17-7-6-16(3)12(2)10-17/h4-5,8,12H,6-7,9-10H2,1-3H3. The molecule has 0 N–H and O–H groups in total. The van der Waals surface area contributed by atoms with E-state index in [0.717, 1.165) is 25.0 Å². The van der Waals surface area contributed by atoms with Gasteiger partial charge in [0.25, 0.3) is 0 Å². The van der Waals surface area contributed by atoms with Gasteiger partial charge in [-0.2, -0.15) is 0 Å². The molecule has 0 saturated carbocycles. The van der Waals surface area contributed by atoms with Crippen molar-refractivity contribution < 1.29 is 0 Å². The van der Waals surface area contributed by atoms with Crippen LogP contribution in [0.1, 0.15) is 18.1 Å². The van der Waals surface area contributed by atoms with Gasteiger partial charge in [-0.1, -0.05) is 28.1 Å². The first-order chi connectivity index (χ1) is 8.11. The molecular formula is C14H21BrN2. The van der Waals surface area contributed by atoms with Gasteiger partial charge in [-0.25, -0.2) is 0 Å². The van der Waals surface area contributed by atoms with Crippen LogP contribution < -0.4 is 4.90 Å². The van der Waals surface area contributed by atoms with Crippen molar-refractivity contribution >= 4 is 21.6 Å². The van der Waals surface area contributed by atoms with E-state index in [4.69, 9.17) is 0 Å². The topological polar surface area (TPSA) is 6.48 Å². The second-order valence-corrected chi connectivity index (χ2v) is 5.59. The molecule has 0 amide bonds. The van der Waals surface area contributed by atoms with Crippen molar-refractivity contribution in [2.75, 3.05) is 31.6 Å². The van der Waals surface area contributed by atoms with Crippen molar-refractivity contribution in [2.45, 2.75) is 25.2 Å².